The molecule has 2 N–H and O–H groups in total. The first-order valence-corrected chi connectivity index (χ1v) is 7.16. The number of nitrogens with one attached hydrogen (secondary N) is 1. The van der Waals surface area contributed by atoms with Crippen LogP contribution >= 0.6 is 0 Å². The maximum absolute atomic E-state index is 12.0. The molecule has 0 radical (unpaired) electrons. The standard InChI is InChI=1S/C12H15NO4S/c1-7-3-4-9(6-10(7)12(14)15)18(16,17)13-11-5-8(11)2/h3-4,6,8,11,13H,5H2,1-2H3,(H,14,15). The third kappa shape index (κ3) is 2.54. The number of benzene rings is 1. The van der Waals surface area contributed by atoms with Gasteiger partial charge >= 0.3 is 5.97 Å². The SMILES string of the molecule is Cc1ccc(S(=O)(=O)NC2CC2C)cc1C(=O)O. The molecular weight excluding hydrogens is 254 g/mol. The maximum atomic E-state index is 12.0. The van der Waals surface area contributed by atoms with Gasteiger partial charge in [-0.1, -0.05) is 13.0 Å². The van der Waals surface area contributed by atoms with Gasteiger partial charge in [0.1, 0.15) is 0 Å². The minimum atomic E-state index is -3.62. The highest BCUT2D eigenvalue weighted by Gasteiger charge is 2.36. The summed E-state index contributed by atoms with van der Waals surface area (Å²) in [6.45, 7) is 3.60. The van der Waals surface area contributed by atoms with E-state index in [1.165, 1.54) is 18.2 Å². The van der Waals surface area contributed by atoms with E-state index < -0.39 is 16.0 Å². The Kier molecular flexibility index (Phi) is 3.16. The molecule has 0 aromatic heterocycles. The number of carboxylic acid groups (broad SMARTS) is 1. The quantitative estimate of drug-likeness (QED) is 0.865. The third-order valence-corrected chi connectivity index (χ3v) is 4.65. The van der Waals surface area contributed by atoms with Crippen molar-refractivity contribution in [3.05, 3.63) is 29.3 Å². The maximum Gasteiger partial charge on any atom is 0.335 e. The van der Waals surface area contributed by atoms with Gasteiger partial charge in [-0.3, -0.25) is 0 Å². The second-order valence-corrected chi connectivity index (χ2v) is 6.44. The Morgan fingerprint density at radius 3 is 2.56 bits per heavy atom. The monoisotopic (exact) mass is 269 g/mol. The zero-order valence-corrected chi connectivity index (χ0v) is 11.0. The number of carboxylic acids is 1. The Hall–Kier alpha value is -1.40. The van der Waals surface area contributed by atoms with Gasteiger partial charge in [0.05, 0.1) is 10.5 Å². The molecule has 18 heavy (non-hydrogen) atoms. The molecule has 2 atom stereocenters. The van der Waals surface area contributed by atoms with Crippen LogP contribution in [0.1, 0.15) is 29.3 Å². The van der Waals surface area contributed by atoms with Gasteiger partial charge in [-0.05, 0) is 37.0 Å². The van der Waals surface area contributed by atoms with Gasteiger partial charge in [0.15, 0.2) is 0 Å². The molecular formula is C12H15NO4S. The van der Waals surface area contributed by atoms with E-state index in [0.29, 0.717) is 11.5 Å². The van der Waals surface area contributed by atoms with Crippen LogP contribution in [0.25, 0.3) is 0 Å². The van der Waals surface area contributed by atoms with Gasteiger partial charge in [-0.2, -0.15) is 0 Å². The second kappa shape index (κ2) is 4.37. The van der Waals surface area contributed by atoms with Crippen molar-refractivity contribution in [2.45, 2.75) is 31.2 Å². The van der Waals surface area contributed by atoms with Crippen molar-refractivity contribution in [3.8, 4) is 0 Å². The summed E-state index contributed by atoms with van der Waals surface area (Å²) in [5, 5.41) is 8.98. The highest BCUT2D eigenvalue weighted by molar-refractivity contribution is 7.89. The predicted octanol–water partition coefficient (Wildman–Crippen LogP) is 1.38. The summed E-state index contributed by atoms with van der Waals surface area (Å²) in [5.74, 6) is -0.770. The first-order chi connectivity index (χ1) is 8.31. The number of carbonyl (C=O) groups is 1. The molecule has 1 aliphatic rings. The number of rotatable bonds is 4. The third-order valence-electron chi connectivity index (χ3n) is 3.17. The number of aryl methyl sites for hydroxylation is 1. The lowest BCUT2D eigenvalue weighted by molar-refractivity contribution is 0.0696. The van der Waals surface area contributed by atoms with Gasteiger partial charge in [0.2, 0.25) is 10.0 Å². The van der Waals surface area contributed by atoms with Crippen molar-refractivity contribution in [2.24, 2.45) is 5.92 Å². The molecule has 1 aromatic rings. The van der Waals surface area contributed by atoms with Crippen LogP contribution in [0.3, 0.4) is 0 Å². The lowest BCUT2D eigenvalue weighted by Gasteiger charge is -2.08. The molecule has 0 bridgehead atoms. The second-order valence-electron chi connectivity index (χ2n) is 4.72. The largest absolute Gasteiger partial charge is 0.478 e. The van der Waals surface area contributed by atoms with Crippen molar-refractivity contribution in [2.75, 3.05) is 0 Å². The van der Waals surface area contributed by atoms with E-state index in [1.807, 2.05) is 6.92 Å². The number of aromatic carboxylic acids is 1. The smallest absolute Gasteiger partial charge is 0.335 e. The fourth-order valence-electron chi connectivity index (χ4n) is 1.75. The Labute approximate surface area is 106 Å². The van der Waals surface area contributed by atoms with Crippen LogP contribution in [-0.4, -0.2) is 25.5 Å². The molecule has 1 aromatic carbocycles. The van der Waals surface area contributed by atoms with Gasteiger partial charge < -0.3 is 5.11 Å². The lowest BCUT2D eigenvalue weighted by atomic mass is 10.1. The molecule has 2 rings (SSSR count). The summed E-state index contributed by atoms with van der Waals surface area (Å²) in [5.41, 5.74) is 0.558. The average molecular weight is 269 g/mol. The summed E-state index contributed by atoms with van der Waals surface area (Å²) >= 11 is 0. The minimum absolute atomic E-state index is 0.00426. The highest BCUT2D eigenvalue weighted by Crippen LogP contribution is 2.30. The molecule has 5 nitrogen and oxygen atoms in total. The molecule has 98 valence electrons. The van der Waals surface area contributed by atoms with Crippen molar-refractivity contribution in [3.63, 3.8) is 0 Å². The average Bonchev–Trinajstić information content (AvgIpc) is 2.92. The van der Waals surface area contributed by atoms with Crippen LogP contribution in [0.5, 0.6) is 0 Å². The summed E-state index contributed by atoms with van der Waals surface area (Å²) < 4.78 is 26.6. The minimum Gasteiger partial charge on any atom is -0.478 e. The fourth-order valence-corrected chi connectivity index (χ4v) is 3.14. The summed E-state index contributed by atoms with van der Waals surface area (Å²) in [7, 11) is -3.62. The van der Waals surface area contributed by atoms with E-state index in [0.717, 1.165) is 6.42 Å². The van der Waals surface area contributed by atoms with Crippen molar-refractivity contribution < 1.29 is 18.3 Å². The summed E-state index contributed by atoms with van der Waals surface area (Å²) in [4.78, 5) is 11.0. The lowest BCUT2D eigenvalue weighted by Crippen LogP contribution is -2.27. The Balaban J connectivity index is 2.33. The summed E-state index contributed by atoms with van der Waals surface area (Å²) in [6, 6.07) is 4.11. The first-order valence-electron chi connectivity index (χ1n) is 5.67. The Bertz CT molecular complexity index is 594. The van der Waals surface area contributed by atoms with E-state index >= 15 is 0 Å². The molecule has 0 amide bonds. The molecule has 0 saturated heterocycles. The Morgan fingerprint density at radius 1 is 1.44 bits per heavy atom. The van der Waals surface area contributed by atoms with Gasteiger partial charge in [0, 0.05) is 6.04 Å². The number of hydrogen-bond donors (Lipinski definition) is 2. The van der Waals surface area contributed by atoms with Crippen LogP contribution in [-0.2, 0) is 10.0 Å². The normalized spacial score (nSPS) is 22.8. The first kappa shape index (κ1) is 13.0. The number of hydrogen-bond acceptors (Lipinski definition) is 3. The van der Waals surface area contributed by atoms with Crippen LogP contribution in [0.2, 0.25) is 0 Å². The van der Waals surface area contributed by atoms with Crippen molar-refractivity contribution >= 4 is 16.0 Å². The molecule has 0 spiro atoms. The molecule has 6 heteroatoms. The zero-order valence-electron chi connectivity index (χ0n) is 10.2. The molecule has 0 heterocycles. The van der Waals surface area contributed by atoms with E-state index in [4.69, 9.17) is 5.11 Å². The molecule has 1 saturated carbocycles. The summed E-state index contributed by atoms with van der Waals surface area (Å²) in [6.07, 6.45) is 0.830. The van der Waals surface area contributed by atoms with Crippen molar-refractivity contribution in [1.82, 2.24) is 4.72 Å². The van der Waals surface area contributed by atoms with Crippen LogP contribution < -0.4 is 4.72 Å². The molecule has 1 aliphatic carbocycles. The van der Waals surface area contributed by atoms with E-state index in [2.05, 4.69) is 4.72 Å². The fraction of sp³-hybridized carbons (Fsp3) is 0.417. The molecule has 2 unspecified atom stereocenters. The van der Waals surface area contributed by atoms with Gasteiger partial charge in [0.25, 0.3) is 0 Å². The zero-order chi connectivity index (χ0) is 13.5. The van der Waals surface area contributed by atoms with E-state index in [-0.39, 0.29) is 16.5 Å². The number of sulfonamides is 1. The van der Waals surface area contributed by atoms with Crippen LogP contribution in [0.15, 0.2) is 23.1 Å². The molecule has 0 aliphatic heterocycles. The van der Waals surface area contributed by atoms with Gasteiger partial charge in [-0.25, -0.2) is 17.9 Å². The molecule has 1 fully saturated rings. The van der Waals surface area contributed by atoms with Crippen LogP contribution in [0.4, 0.5) is 0 Å². The topological polar surface area (TPSA) is 83.5 Å². The van der Waals surface area contributed by atoms with Crippen LogP contribution in [0, 0.1) is 12.8 Å². The van der Waals surface area contributed by atoms with E-state index in [9.17, 15) is 13.2 Å². The van der Waals surface area contributed by atoms with Crippen molar-refractivity contribution in [1.29, 1.82) is 0 Å². The Morgan fingerprint density at radius 2 is 2.06 bits per heavy atom. The highest BCUT2D eigenvalue weighted by atomic mass is 32.2. The van der Waals surface area contributed by atoms with Gasteiger partial charge in [-0.15, -0.1) is 0 Å². The van der Waals surface area contributed by atoms with E-state index in [1.54, 1.807) is 6.92 Å². The predicted molar refractivity (Wildman–Crippen MR) is 66.0 cm³/mol.